The van der Waals surface area contributed by atoms with Crippen molar-refractivity contribution in [3.63, 3.8) is 0 Å². The van der Waals surface area contributed by atoms with Gasteiger partial charge in [-0.3, -0.25) is 14.4 Å². The van der Waals surface area contributed by atoms with Gasteiger partial charge >= 0.3 is 0 Å². The van der Waals surface area contributed by atoms with Crippen molar-refractivity contribution in [3.05, 3.63) is 79.9 Å². The Morgan fingerprint density at radius 1 is 0.913 bits per heavy atom. The summed E-state index contributed by atoms with van der Waals surface area (Å²) in [6.07, 6.45) is 7.01. The van der Waals surface area contributed by atoms with E-state index in [0.29, 0.717) is 38.9 Å². The monoisotopic (exact) mass is 644 g/mol. The molecule has 3 amide bonds. The lowest BCUT2D eigenvalue weighted by Crippen LogP contribution is -2.55. The Morgan fingerprint density at radius 2 is 1.52 bits per heavy atom. The van der Waals surface area contributed by atoms with Gasteiger partial charge in [-0.1, -0.05) is 30.4 Å². The quantitative estimate of drug-likeness (QED) is 0.191. The summed E-state index contributed by atoms with van der Waals surface area (Å²) < 4.78 is -0.687. The number of aliphatic hydroxyl groups excluding tert-OH is 1. The maximum absolute atomic E-state index is 14.9. The lowest BCUT2D eigenvalue weighted by molar-refractivity contribution is -0.139. The standard InChI is InChI=1S/C37H48N4O4S/c1-5-23-39(28-15-11-9-12-16-28)34(43)31-30-21-22-37(46-30)32(31)35(44)41(25-13-10-14-26-42)33(37)36(45)40(24-6-2)29-19-17-27(18-20-29)38(7-3)8-4/h5-6,9,11-12,15-20,30-33,42H,1-2,7-8,10,13-14,21-26H2,3-4H3/t30-,31+,32+,33?,37?/m1/s1. The average molecular weight is 645 g/mol. The van der Waals surface area contributed by atoms with Crippen LogP contribution in [-0.2, 0) is 14.4 Å². The zero-order chi connectivity index (χ0) is 32.8. The van der Waals surface area contributed by atoms with Crippen LogP contribution in [-0.4, -0.2) is 83.1 Å². The molecule has 246 valence electrons. The molecule has 2 aromatic rings. The van der Waals surface area contributed by atoms with Crippen molar-refractivity contribution in [2.45, 2.75) is 62.0 Å². The second kappa shape index (κ2) is 14.9. The van der Waals surface area contributed by atoms with E-state index in [0.717, 1.165) is 43.0 Å². The predicted octanol–water partition coefficient (Wildman–Crippen LogP) is 5.52. The van der Waals surface area contributed by atoms with Crippen molar-refractivity contribution < 1.29 is 19.5 Å². The summed E-state index contributed by atoms with van der Waals surface area (Å²) in [6, 6.07) is 16.9. The molecule has 2 aromatic carbocycles. The molecule has 0 aliphatic carbocycles. The van der Waals surface area contributed by atoms with Gasteiger partial charge in [0, 0.05) is 61.6 Å². The van der Waals surface area contributed by atoms with Gasteiger partial charge in [-0.05, 0) is 82.3 Å². The molecule has 2 unspecified atom stereocenters. The number of fused-ring (bicyclic) bond motifs is 1. The molecule has 0 saturated carbocycles. The van der Waals surface area contributed by atoms with Crippen LogP contribution in [0.5, 0.6) is 0 Å². The number of unbranched alkanes of at least 4 members (excludes halogenated alkanes) is 2. The van der Waals surface area contributed by atoms with Crippen LogP contribution in [0.25, 0.3) is 0 Å². The van der Waals surface area contributed by atoms with Crippen LogP contribution in [0.15, 0.2) is 79.9 Å². The van der Waals surface area contributed by atoms with Gasteiger partial charge in [-0.2, -0.15) is 0 Å². The van der Waals surface area contributed by atoms with Gasteiger partial charge in [0.2, 0.25) is 11.8 Å². The van der Waals surface area contributed by atoms with E-state index in [9.17, 15) is 19.5 Å². The number of hydrogen-bond acceptors (Lipinski definition) is 6. The fraction of sp³-hybridized carbons (Fsp3) is 0.486. The van der Waals surface area contributed by atoms with Crippen molar-refractivity contribution in [2.75, 3.05) is 54.0 Å². The van der Waals surface area contributed by atoms with E-state index in [1.54, 1.807) is 38.6 Å². The largest absolute Gasteiger partial charge is 0.396 e. The Kier molecular flexibility index (Phi) is 10.9. The van der Waals surface area contributed by atoms with Crippen LogP contribution in [0.1, 0.15) is 46.0 Å². The normalized spacial score (nSPS) is 24.5. The Hall–Kier alpha value is -3.56. The number of anilines is 3. The first-order chi connectivity index (χ1) is 22.4. The van der Waals surface area contributed by atoms with E-state index in [1.807, 2.05) is 54.6 Å². The number of hydrogen-bond donors (Lipinski definition) is 1. The molecule has 3 aliphatic rings. The van der Waals surface area contributed by atoms with E-state index < -0.39 is 22.6 Å². The van der Waals surface area contributed by atoms with Crippen molar-refractivity contribution in [1.82, 2.24) is 4.90 Å². The Balaban J connectivity index is 1.52. The zero-order valence-electron chi connectivity index (χ0n) is 27.2. The Morgan fingerprint density at radius 3 is 2.13 bits per heavy atom. The summed E-state index contributed by atoms with van der Waals surface area (Å²) in [6.45, 7) is 15.0. The van der Waals surface area contributed by atoms with E-state index in [1.165, 1.54) is 0 Å². The number of carbonyl (C=O) groups excluding carboxylic acids is 3. The van der Waals surface area contributed by atoms with E-state index >= 15 is 0 Å². The minimum absolute atomic E-state index is 0.0366. The first-order valence-electron chi connectivity index (χ1n) is 16.7. The van der Waals surface area contributed by atoms with Crippen LogP contribution >= 0.6 is 11.8 Å². The number of amides is 3. The van der Waals surface area contributed by atoms with E-state index in [4.69, 9.17) is 0 Å². The van der Waals surface area contributed by atoms with Crippen LogP contribution in [0, 0.1) is 11.8 Å². The number of thioether (sulfide) groups is 1. The molecule has 3 aliphatic heterocycles. The molecule has 0 aromatic heterocycles. The highest BCUT2D eigenvalue weighted by molar-refractivity contribution is 8.02. The molecule has 2 bridgehead atoms. The number of carbonyl (C=O) groups is 3. The molecule has 0 radical (unpaired) electrons. The molecule has 5 atom stereocenters. The third-order valence-electron chi connectivity index (χ3n) is 9.89. The topological polar surface area (TPSA) is 84.4 Å². The molecule has 5 rings (SSSR count). The van der Waals surface area contributed by atoms with Gasteiger partial charge in [0.05, 0.1) is 16.6 Å². The molecule has 1 spiro atoms. The van der Waals surface area contributed by atoms with Gasteiger partial charge in [-0.25, -0.2) is 0 Å². The van der Waals surface area contributed by atoms with Gasteiger partial charge in [0.15, 0.2) is 0 Å². The summed E-state index contributed by atoms with van der Waals surface area (Å²) in [5, 5.41) is 9.35. The highest BCUT2D eigenvalue weighted by Gasteiger charge is 2.74. The first-order valence-corrected chi connectivity index (χ1v) is 17.6. The summed E-state index contributed by atoms with van der Waals surface area (Å²) in [5.41, 5.74) is 2.63. The van der Waals surface area contributed by atoms with Crippen molar-refractivity contribution in [2.24, 2.45) is 11.8 Å². The number of likely N-dealkylation sites (tertiary alicyclic amines) is 1. The molecule has 8 nitrogen and oxygen atoms in total. The fourth-order valence-corrected chi connectivity index (χ4v) is 10.0. The number of nitrogens with zero attached hydrogens (tertiary/aromatic N) is 4. The van der Waals surface area contributed by atoms with Crippen molar-refractivity contribution in [1.29, 1.82) is 0 Å². The zero-order valence-corrected chi connectivity index (χ0v) is 28.0. The van der Waals surface area contributed by atoms with Crippen LogP contribution in [0.3, 0.4) is 0 Å². The van der Waals surface area contributed by atoms with Gasteiger partial charge in [-0.15, -0.1) is 24.9 Å². The van der Waals surface area contributed by atoms with E-state index in [2.05, 4.69) is 31.9 Å². The first kappa shape index (κ1) is 33.8. The minimum Gasteiger partial charge on any atom is -0.396 e. The molecule has 3 saturated heterocycles. The molecular formula is C37H48N4O4S. The number of aliphatic hydroxyl groups is 1. The van der Waals surface area contributed by atoms with Gasteiger partial charge in [0.1, 0.15) is 6.04 Å². The molecule has 9 heteroatoms. The van der Waals surface area contributed by atoms with Gasteiger partial charge in [0.25, 0.3) is 5.91 Å². The molecule has 3 heterocycles. The smallest absolute Gasteiger partial charge is 0.251 e. The maximum atomic E-state index is 14.9. The molecule has 46 heavy (non-hydrogen) atoms. The SMILES string of the molecule is C=CCN(C(=O)C1N(CCCCCO)C(=O)[C@@H]2[C@@H](C(=O)N(CC=C)c3ccccc3)[C@H]3CCC12S3)c1ccc(N(CC)CC)cc1. The summed E-state index contributed by atoms with van der Waals surface area (Å²) in [4.78, 5) is 51.4. The maximum Gasteiger partial charge on any atom is 0.251 e. The second-order valence-electron chi connectivity index (χ2n) is 12.4. The van der Waals surface area contributed by atoms with Crippen LogP contribution in [0.4, 0.5) is 17.1 Å². The lowest BCUT2D eigenvalue weighted by Gasteiger charge is -2.37. The number of para-hydroxylation sites is 1. The van der Waals surface area contributed by atoms with Crippen molar-refractivity contribution in [3.8, 4) is 0 Å². The predicted molar refractivity (Wildman–Crippen MR) is 188 cm³/mol. The summed E-state index contributed by atoms with van der Waals surface area (Å²) in [7, 11) is 0. The summed E-state index contributed by atoms with van der Waals surface area (Å²) >= 11 is 1.69. The molecule has 1 N–H and O–H groups in total. The highest BCUT2D eigenvalue weighted by atomic mass is 32.2. The average Bonchev–Trinajstić information content (AvgIpc) is 3.72. The lowest BCUT2D eigenvalue weighted by atomic mass is 9.70. The van der Waals surface area contributed by atoms with Crippen molar-refractivity contribution >= 4 is 46.5 Å². The number of benzene rings is 2. The number of rotatable bonds is 16. The second-order valence-corrected chi connectivity index (χ2v) is 14.0. The molecule has 3 fully saturated rings. The highest BCUT2D eigenvalue weighted by Crippen LogP contribution is 2.67. The van der Waals surface area contributed by atoms with Crippen LogP contribution < -0.4 is 14.7 Å². The Labute approximate surface area is 278 Å². The van der Waals surface area contributed by atoms with Crippen LogP contribution in [0.2, 0.25) is 0 Å². The molecular weight excluding hydrogens is 596 g/mol. The van der Waals surface area contributed by atoms with E-state index in [-0.39, 0.29) is 29.6 Å². The third kappa shape index (κ3) is 6.11. The fourth-order valence-electron chi connectivity index (χ4n) is 7.80. The minimum atomic E-state index is -0.695. The van der Waals surface area contributed by atoms with Gasteiger partial charge < -0.3 is 24.7 Å². The summed E-state index contributed by atoms with van der Waals surface area (Å²) in [5.74, 6) is -1.41. The Bertz CT molecular complexity index is 1400. The third-order valence-corrected chi connectivity index (χ3v) is 11.8.